The number of aromatic amines is 1. The molecule has 2 aromatic rings. The van der Waals surface area contributed by atoms with Gasteiger partial charge in [-0.3, -0.25) is 14.6 Å². The molecular formula is C14H6N2O8. The summed E-state index contributed by atoms with van der Waals surface area (Å²) in [6, 6.07) is 1.05. The molecule has 1 aliphatic rings. The lowest BCUT2D eigenvalue weighted by Gasteiger charge is -2.15. The fourth-order valence-electron chi connectivity index (χ4n) is 2.58. The third kappa shape index (κ3) is 1.83. The van der Waals surface area contributed by atoms with Crippen LogP contribution in [0.1, 0.15) is 52.1 Å². The van der Waals surface area contributed by atoms with Gasteiger partial charge in [-0.15, -0.1) is 0 Å². The minimum atomic E-state index is -1.74. The number of pyridine rings is 1. The van der Waals surface area contributed by atoms with Crippen molar-refractivity contribution in [1.82, 2.24) is 9.97 Å². The van der Waals surface area contributed by atoms with E-state index in [1.165, 1.54) is 0 Å². The van der Waals surface area contributed by atoms with Crippen molar-refractivity contribution in [3.63, 3.8) is 0 Å². The molecule has 24 heavy (non-hydrogen) atoms. The summed E-state index contributed by atoms with van der Waals surface area (Å²) in [5, 5.41) is 27.6. The molecular weight excluding hydrogens is 324 g/mol. The second-order valence-electron chi connectivity index (χ2n) is 4.78. The van der Waals surface area contributed by atoms with E-state index in [0.29, 0.717) is 0 Å². The fraction of sp³-hybridized carbons (Fsp3) is 0. The van der Waals surface area contributed by atoms with Gasteiger partial charge in [0.25, 0.3) is 5.78 Å². The van der Waals surface area contributed by atoms with Gasteiger partial charge < -0.3 is 20.3 Å². The van der Waals surface area contributed by atoms with Crippen LogP contribution in [-0.4, -0.2) is 54.8 Å². The molecule has 10 nitrogen and oxygen atoms in total. The Bertz CT molecular complexity index is 985. The first kappa shape index (κ1) is 15.1. The number of hydrogen-bond acceptors (Lipinski definition) is 6. The summed E-state index contributed by atoms with van der Waals surface area (Å²) in [4.78, 5) is 64.2. The van der Waals surface area contributed by atoms with E-state index in [2.05, 4.69) is 9.97 Å². The molecule has 0 atom stereocenters. The van der Waals surface area contributed by atoms with Crippen LogP contribution in [0.4, 0.5) is 0 Å². The van der Waals surface area contributed by atoms with Crippen LogP contribution in [0.15, 0.2) is 12.3 Å². The summed E-state index contributed by atoms with van der Waals surface area (Å²) >= 11 is 0. The van der Waals surface area contributed by atoms with Gasteiger partial charge in [0.2, 0.25) is 5.78 Å². The SMILES string of the molecule is O=C(O)c1ccnc2c1-c1[nH]c(C(=O)O)c(C(=O)O)c1C(=O)C2=O. The molecule has 1 aliphatic carbocycles. The first-order valence-electron chi connectivity index (χ1n) is 6.30. The summed E-state index contributed by atoms with van der Waals surface area (Å²) in [5.41, 5.74) is -4.01. The predicted octanol–water partition coefficient (Wildman–Crippen LogP) is 0.550. The van der Waals surface area contributed by atoms with E-state index in [0.717, 1.165) is 12.3 Å². The summed E-state index contributed by atoms with van der Waals surface area (Å²) < 4.78 is 0. The van der Waals surface area contributed by atoms with Gasteiger partial charge in [0.15, 0.2) is 0 Å². The van der Waals surface area contributed by atoms with E-state index < -0.39 is 57.6 Å². The minimum absolute atomic E-state index is 0.320. The Morgan fingerprint density at radius 2 is 1.58 bits per heavy atom. The number of ketones is 2. The molecule has 120 valence electrons. The maximum atomic E-state index is 12.2. The highest BCUT2D eigenvalue weighted by atomic mass is 16.4. The predicted molar refractivity (Wildman–Crippen MR) is 73.6 cm³/mol. The van der Waals surface area contributed by atoms with Crippen LogP contribution >= 0.6 is 0 Å². The lowest BCUT2D eigenvalue weighted by Crippen LogP contribution is -2.25. The van der Waals surface area contributed by atoms with Gasteiger partial charge in [-0.2, -0.15) is 0 Å². The molecule has 0 spiro atoms. The first-order valence-corrected chi connectivity index (χ1v) is 6.30. The maximum Gasteiger partial charge on any atom is 0.353 e. The number of H-pyrrole nitrogens is 1. The van der Waals surface area contributed by atoms with Crippen LogP contribution in [0, 0.1) is 0 Å². The number of aromatic carboxylic acids is 3. The van der Waals surface area contributed by atoms with Crippen LogP contribution in [0.2, 0.25) is 0 Å². The second kappa shape index (κ2) is 4.84. The van der Waals surface area contributed by atoms with E-state index in [1.54, 1.807) is 0 Å². The molecule has 3 rings (SSSR count). The molecule has 0 unspecified atom stereocenters. The number of nitrogens with one attached hydrogen (secondary N) is 1. The van der Waals surface area contributed by atoms with Gasteiger partial charge in [0.1, 0.15) is 17.0 Å². The van der Waals surface area contributed by atoms with E-state index in [9.17, 15) is 34.2 Å². The van der Waals surface area contributed by atoms with E-state index >= 15 is 0 Å². The quantitative estimate of drug-likeness (QED) is 0.585. The zero-order chi connectivity index (χ0) is 17.8. The molecule has 10 heteroatoms. The average molecular weight is 330 g/mol. The van der Waals surface area contributed by atoms with Crippen LogP contribution in [-0.2, 0) is 0 Å². The summed E-state index contributed by atoms with van der Waals surface area (Å²) in [5.74, 6) is -7.35. The molecule has 2 aromatic heterocycles. The van der Waals surface area contributed by atoms with Gasteiger partial charge in [-0.25, -0.2) is 14.4 Å². The molecule has 0 amide bonds. The Morgan fingerprint density at radius 3 is 2.12 bits per heavy atom. The number of Topliss-reactive ketones (excluding diaryl/α,β-unsaturated/α-hetero) is 2. The number of carbonyl (C=O) groups is 5. The van der Waals surface area contributed by atoms with Gasteiger partial charge in [-0.1, -0.05) is 0 Å². The van der Waals surface area contributed by atoms with Crippen molar-refractivity contribution in [2.24, 2.45) is 0 Å². The van der Waals surface area contributed by atoms with Crippen LogP contribution in [0.25, 0.3) is 11.3 Å². The molecule has 4 N–H and O–H groups in total. The molecule has 2 heterocycles. The standard InChI is InChI=1S/C14H6N2O8/c17-10-5-6(13(21)22)9(14(23)24)16-7(5)4-3(12(19)20)1-2-15-8(4)11(10)18/h1-2,16H,(H,19,20)(H,21,22)(H,23,24). The summed E-state index contributed by atoms with van der Waals surface area (Å²) in [7, 11) is 0. The monoisotopic (exact) mass is 330 g/mol. The van der Waals surface area contributed by atoms with E-state index in [1.807, 2.05) is 0 Å². The Morgan fingerprint density at radius 1 is 0.917 bits per heavy atom. The molecule has 0 saturated heterocycles. The van der Waals surface area contributed by atoms with Gasteiger partial charge in [0.05, 0.1) is 16.8 Å². The molecule has 0 aliphatic heterocycles. The number of fused-ring (bicyclic) bond motifs is 3. The Hall–Kier alpha value is -3.82. The summed E-state index contributed by atoms with van der Waals surface area (Å²) in [6.45, 7) is 0. The Kier molecular flexibility index (Phi) is 3.04. The lowest BCUT2D eigenvalue weighted by atomic mass is 9.87. The van der Waals surface area contributed by atoms with Gasteiger partial charge in [0, 0.05) is 11.8 Å². The highest BCUT2D eigenvalue weighted by Gasteiger charge is 2.41. The van der Waals surface area contributed by atoms with Crippen molar-refractivity contribution < 1.29 is 39.3 Å². The highest BCUT2D eigenvalue weighted by molar-refractivity contribution is 6.53. The molecule has 0 aromatic carbocycles. The van der Waals surface area contributed by atoms with Crippen molar-refractivity contribution >= 4 is 29.5 Å². The molecule has 0 fully saturated rings. The number of carboxylic acids is 3. The lowest BCUT2D eigenvalue weighted by molar-refractivity contribution is 0.0646. The van der Waals surface area contributed by atoms with Crippen LogP contribution in [0.5, 0.6) is 0 Å². The minimum Gasteiger partial charge on any atom is -0.478 e. The van der Waals surface area contributed by atoms with Crippen molar-refractivity contribution in [3.8, 4) is 11.3 Å². The third-order valence-corrected chi connectivity index (χ3v) is 3.51. The van der Waals surface area contributed by atoms with E-state index in [-0.39, 0.29) is 11.3 Å². The number of nitrogens with zero attached hydrogens (tertiary/aromatic N) is 1. The maximum absolute atomic E-state index is 12.2. The number of rotatable bonds is 3. The zero-order valence-electron chi connectivity index (χ0n) is 11.5. The highest BCUT2D eigenvalue weighted by Crippen LogP contribution is 2.37. The number of carbonyl (C=O) groups excluding carboxylic acids is 2. The molecule has 0 saturated carbocycles. The van der Waals surface area contributed by atoms with Crippen molar-refractivity contribution in [2.75, 3.05) is 0 Å². The van der Waals surface area contributed by atoms with Crippen molar-refractivity contribution in [3.05, 3.63) is 40.3 Å². The van der Waals surface area contributed by atoms with Crippen LogP contribution in [0.3, 0.4) is 0 Å². The van der Waals surface area contributed by atoms with Gasteiger partial charge in [-0.05, 0) is 6.07 Å². The van der Waals surface area contributed by atoms with E-state index in [4.69, 9.17) is 5.11 Å². The third-order valence-electron chi connectivity index (χ3n) is 3.51. The summed E-state index contributed by atoms with van der Waals surface area (Å²) in [6.07, 6.45) is 1.01. The average Bonchev–Trinajstić information content (AvgIpc) is 2.92. The number of aromatic nitrogens is 2. The molecule has 0 radical (unpaired) electrons. The smallest absolute Gasteiger partial charge is 0.353 e. The fourth-order valence-corrected chi connectivity index (χ4v) is 2.58. The second-order valence-corrected chi connectivity index (χ2v) is 4.78. The number of hydrogen-bond donors (Lipinski definition) is 4. The topological polar surface area (TPSA) is 175 Å². The normalized spacial score (nSPS) is 12.5. The van der Waals surface area contributed by atoms with Crippen molar-refractivity contribution in [2.45, 2.75) is 0 Å². The number of carboxylic acid groups (broad SMARTS) is 3. The largest absolute Gasteiger partial charge is 0.478 e. The van der Waals surface area contributed by atoms with Crippen molar-refractivity contribution in [1.29, 1.82) is 0 Å². The van der Waals surface area contributed by atoms with Crippen LogP contribution < -0.4 is 0 Å². The zero-order valence-corrected chi connectivity index (χ0v) is 11.5. The first-order chi connectivity index (χ1) is 11.3. The van der Waals surface area contributed by atoms with Gasteiger partial charge >= 0.3 is 17.9 Å². The Balaban J connectivity index is 2.51. The molecule has 0 bridgehead atoms. The Labute approximate surface area is 131 Å².